The minimum atomic E-state index is -1.90. The van der Waals surface area contributed by atoms with Gasteiger partial charge in [-0.05, 0) is 23.6 Å². The van der Waals surface area contributed by atoms with E-state index in [9.17, 15) is 19.8 Å². The van der Waals surface area contributed by atoms with E-state index in [1.165, 1.54) is 6.92 Å². The second kappa shape index (κ2) is 5.48. The third kappa shape index (κ3) is 2.47. The Morgan fingerprint density at radius 1 is 1.04 bits per heavy atom. The Balaban J connectivity index is 2.10. The van der Waals surface area contributed by atoms with Crippen molar-refractivity contribution in [3.05, 3.63) is 76.9 Å². The summed E-state index contributed by atoms with van der Waals surface area (Å²) in [4.78, 5) is 22.9. The summed E-state index contributed by atoms with van der Waals surface area (Å²) in [6, 6.07) is 14.1. The first-order chi connectivity index (χ1) is 10.9. The number of rotatable bonds is 3. The Hall–Kier alpha value is -2.72. The van der Waals surface area contributed by atoms with Gasteiger partial charge in [-0.15, -0.1) is 0 Å². The molecule has 1 aliphatic rings. The van der Waals surface area contributed by atoms with Gasteiger partial charge in [-0.25, -0.2) is 4.79 Å². The van der Waals surface area contributed by atoms with Crippen LogP contribution in [0.3, 0.4) is 0 Å². The second-order valence-corrected chi connectivity index (χ2v) is 5.67. The minimum Gasteiger partial charge on any atom is -0.479 e. The van der Waals surface area contributed by atoms with Crippen molar-refractivity contribution in [2.45, 2.75) is 18.9 Å². The van der Waals surface area contributed by atoms with Gasteiger partial charge in [0.2, 0.25) is 0 Å². The van der Waals surface area contributed by atoms with Crippen LogP contribution in [0.5, 0.6) is 0 Å². The molecule has 2 N–H and O–H groups in total. The molecule has 1 unspecified atom stereocenters. The number of carboxylic acids is 1. The van der Waals surface area contributed by atoms with Gasteiger partial charge in [0.1, 0.15) is 0 Å². The molecule has 0 bridgehead atoms. The Morgan fingerprint density at radius 2 is 1.70 bits per heavy atom. The van der Waals surface area contributed by atoms with Crippen LogP contribution >= 0.6 is 0 Å². The number of aliphatic carboxylic acids is 1. The molecule has 0 saturated heterocycles. The van der Waals surface area contributed by atoms with Gasteiger partial charge >= 0.3 is 5.97 Å². The number of carbonyl (C=O) groups is 2. The van der Waals surface area contributed by atoms with Gasteiger partial charge in [0, 0.05) is 17.5 Å². The molecule has 3 rings (SSSR count). The van der Waals surface area contributed by atoms with Crippen LogP contribution < -0.4 is 0 Å². The first kappa shape index (κ1) is 15.2. The molecule has 4 heteroatoms. The van der Waals surface area contributed by atoms with Gasteiger partial charge in [0.25, 0.3) is 0 Å². The maximum absolute atomic E-state index is 11.5. The Bertz CT molecular complexity index is 818. The third-order valence-corrected chi connectivity index (χ3v) is 4.22. The van der Waals surface area contributed by atoms with Crippen LogP contribution in [0.25, 0.3) is 5.57 Å². The highest BCUT2D eigenvalue weighted by molar-refractivity contribution is 5.95. The fourth-order valence-corrected chi connectivity index (χ4v) is 2.91. The van der Waals surface area contributed by atoms with Gasteiger partial charge in [0.05, 0.1) is 0 Å². The van der Waals surface area contributed by atoms with Crippen LogP contribution in [0.4, 0.5) is 0 Å². The van der Waals surface area contributed by atoms with Gasteiger partial charge in [-0.2, -0.15) is 0 Å². The average Bonchev–Trinajstić information content (AvgIpc) is 2.55. The molecule has 0 amide bonds. The van der Waals surface area contributed by atoms with E-state index >= 15 is 0 Å². The van der Waals surface area contributed by atoms with Gasteiger partial charge in [0.15, 0.2) is 11.4 Å². The summed E-state index contributed by atoms with van der Waals surface area (Å²) < 4.78 is 0. The van der Waals surface area contributed by atoms with Crippen molar-refractivity contribution in [3.8, 4) is 0 Å². The van der Waals surface area contributed by atoms with E-state index in [-0.39, 0.29) is 12.2 Å². The lowest BCUT2D eigenvalue weighted by Gasteiger charge is -2.30. The van der Waals surface area contributed by atoms with E-state index in [2.05, 4.69) is 0 Å². The van der Waals surface area contributed by atoms with Crippen LogP contribution in [-0.2, 0) is 10.4 Å². The van der Waals surface area contributed by atoms with Crippen molar-refractivity contribution in [2.75, 3.05) is 0 Å². The molecule has 0 fully saturated rings. The Kier molecular flexibility index (Phi) is 3.62. The maximum atomic E-state index is 11.5. The minimum absolute atomic E-state index is 0.00311. The van der Waals surface area contributed by atoms with Crippen LogP contribution in [0, 0.1) is 0 Å². The normalized spacial score (nSPS) is 19.7. The molecule has 2 aromatic rings. The molecule has 0 aliphatic heterocycles. The molecule has 23 heavy (non-hydrogen) atoms. The number of fused-ring (bicyclic) bond motifs is 1. The van der Waals surface area contributed by atoms with Crippen molar-refractivity contribution in [1.82, 2.24) is 0 Å². The number of carboxylic acid groups (broad SMARTS) is 1. The summed E-state index contributed by atoms with van der Waals surface area (Å²) in [6.45, 7) is 1.51. The second-order valence-electron chi connectivity index (χ2n) is 5.67. The van der Waals surface area contributed by atoms with Crippen molar-refractivity contribution >= 4 is 17.3 Å². The van der Waals surface area contributed by atoms with Gasteiger partial charge in [-0.3, -0.25) is 4.79 Å². The predicted octanol–water partition coefficient (Wildman–Crippen LogP) is 3.00. The molecule has 0 radical (unpaired) electrons. The van der Waals surface area contributed by atoms with E-state index in [0.29, 0.717) is 16.7 Å². The zero-order chi connectivity index (χ0) is 16.6. The van der Waals surface area contributed by atoms with Crippen molar-refractivity contribution in [2.24, 2.45) is 0 Å². The van der Waals surface area contributed by atoms with E-state index in [4.69, 9.17) is 0 Å². The zero-order valence-electron chi connectivity index (χ0n) is 12.6. The molecular weight excluding hydrogens is 292 g/mol. The Labute approximate surface area is 133 Å². The van der Waals surface area contributed by atoms with Crippen molar-refractivity contribution in [1.29, 1.82) is 0 Å². The summed E-state index contributed by atoms with van der Waals surface area (Å²) in [5.41, 5.74) is 1.55. The summed E-state index contributed by atoms with van der Waals surface area (Å²) >= 11 is 0. The van der Waals surface area contributed by atoms with Gasteiger partial charge in [-0.1, -0.05) is 54.6 Å². The summed E-state index contributed by atoms with van der Waals surface area (Å²) in [5.74, 6) is -1.26. The quantitative estimate of drug-likeness (QED) is 0.855. The lowest BCUT2D eigenvalue weighted by atomic mass is 9.77. The average molecular weight is 308 g/mol. The molecule has 1 aliphatic carbocycles. The number of hydrogen-bond donors (Lipinski definition) is 2. The number of benzene rings is 2. The molecule has 0 spiro atoms. The highest BCUT2D eigenvalue weighted by atomic mass is 16.4. The highest BCUT2D eigenvalue weighted by Crippen LogP contribution is 2.40. The lowest BCUT2D eigenvalue weighted by molar-refractivity contribution is -0.159. The largest absolute Gasteiger partial charge is 0.479 e. The maximum Gasteiger partial charge on any atom is 0.340 e. The summed E-state index contributed by atoms with van der Waals surface area (Å²) in [5, 5.41) is 19.9. The predicted molar refractivity (Wildman–Crippen MR) is 86.1 cm³/mol. The topological polar surface area (TPSA) is 74.6 Å². The number of hydrogen-bond acceptors (Lipinski definition) is 3. The standard InChI is InChI=1S/C19H16O4/c1-12(20)13-6-8-14(9-7-13)15-10-11-19(23,18(21)22)17-5-3-2-4-16(15)17/h2-10,23H,11H2,1H3,(H,21,22). The third-order valence-electron chi connectivity index (χ3n) is 4.22. The summed E-state index contributed by atoms with van der Waals surface area (Å²) in [7, 11) is 0. The first-order valence-corrected chi connectivity index (χ1v) is 7.30. The van der Waals surface area contributed by atoms with E-state index in [1.807, 2.05) is 18.2 Å². The first-order valence-electron chi connectivity index (χ1n) is 7.30. The molecule has 0 aromatic heterocycles. The molecule has 4 nitrogen and oxygen atoms in total. The summed E-state index contributed by atoms with van der Waals surface area (Å²) in [6.07, 6.45) is 1.74. The van der Waals surface area contributed by atoms with Crippen LogP contribution in [-0.4, -0.2) is 22.0 Å². The monoisotopic (exact) mass is 308 g/mol. The number of Topliss-reactive ketones (excluding diaryl/α,β-unsaturated/α-hetero) is 1. The highest BCUT2D eigenvalue weighted by Gasteiger charge is 2.41. The molecule has 0 heterocycles. The number of carbonyl (C=O) groups excluding carboxylic acids is 1. The van der Waals surface area contributed by atoms with E-state index in [0.717, 1.165) is 11.1 Å². The smallest absolute Gasteiger partial charge is 0.340 e. The van der Waals surface area contributed by atoms with E-state index in [1.54, 1.807) is 36.4 Å². The number of aliphatic hydroxyl groups is 1. The zero-order valence-corrected chi connectivity index (χ0v) is 12.6. The van der Waals surface area contributed by atoms with Gasteiger partial charge < -0.3 is 10.2 Å². The SMILES string of the molecule is CC(=O)c1ccc(C2=CCC(O)(C(=O)O)c3ccccc32)cc1. The molecule has 1 atom stereocenters. The van der Waals surface area contributed by atoms with Crippen LogP contribution in [0.1, 0.15) is 40.4 Å². The molecule has 2 aromatic carbocycles. The number of ketones is 1. The van der Waals surface area contributed by atoms with Crippen molar-refractivity contribution < 1.29 is 19.8 Å². The molecule has 116 valence electrons. The van der Waals surface area contributed by atoms with Crippen molar-refractivity contribution in [3.63, 3.8) is 0 Å². The Morgan fingerprint density at radius 3 is 2.30 bits per heavy atom. The fraction of sp³-hybridized carbons (Fsp3) is 0.158. The van der Waals surface area contributed by atoms with E-state index < -0.39 is 11.6 Å². The van der Waals surface area contributed by atoms with Crippen LogP contribution in [0.2, 0.25) is 0 Å². The fourth-order valence-electron chi connectivity index (χ4n) is 2.91. The molecule has 0 saturated carbocycles. The van der Waals surface area contributed by atoms with Crippen LogP contribution in [0.15, 0.2) is 54.6 Å². The lowest BCUT2D eigenvalue weighted by Crippen LogP contribution is -2.37. The molecular formula is C19H16O4.